The zero-order valence-electron chi connectivity index (χ0n) is 19.3. The lowest BCUT2D eigenvalue weighted by Gasteiger charge is -2.31. The number of fused-ring (bicyclic) bond motifs is 1. The lowest BCUT2D eigenvalue weighted by Crippen LogP contribution is -2.44. The van der Waals surface area contributed by atoms with Gasteiger partial charge in [-0.25, -0.2) is 4.79 Å². The second kappa shape index (κ2) is 10.9. The van der Waals surface area contributed by atoms with E-state index >= 15 is 0 Å². The zero-order valence-corrected chi connectivity index (χ0v) is 19.3. The van der Waals surface area contributed by atoms with Crippen molar-refractivity contribution in [2.75, 3.05) is 25.0 Å². The van der Waals surface area contributed by atoms with E-state index in [2.05, 4.69) is 50.6 Å². The van der Waals surface area contributed by atoms with E-state index in [1.807, 2.05) is 24.4 Å². The van der Waals surface area contributed by atoms with Crippen LogP contribution in [0, 0.1) is 18.3 Å². The van der Waals surface area contributed by atoms with Crippen molar-refractivity contribution in [3.05, 3.63) is 59.6 Å². The van der Waals surface area contributed by atoms with Crippen molar-refractivity contribution in [1.29, 1.82) is 5.26 Å². The number of nitriles is 1. The van der Waals surface area contributed by atoms with E-state index in [1.54, 1.807) is 12.4 Å². The number of H-pyrrole nitrogens is 1. The van der Waals surface area contributed by atoms with Gasteiger partial charge in [0.15, 0.2) is 0 Å². The Hall–Kier alpha value is -3.83. The summed E-state index contributed by atoms with van der Waals surface area (Å²) in [5.74, 6) is 0. The number of hydrogen-bond acceptors (Lipinski definition) is 5. The van der Waals surface area contributed by atoms with Crippen LogP contribution in [0.4, 0.5) is 16.2 Å². The van der Waals surface area contributed by atoms with Gasteiger partial charge < -0.3 is 25.6 Å². The van der Waals surface area contributed by atoms with E-state index in [9.17, 15) is 10.1 Å². The van der Waals surface area contributed by atoms with E-state index in [0.29, 0.717) is 5.56 Å². The number of pyridine rings is 1. The van der Waals surface area contributed by atoms with Crippen LogP contribution in [0.5, 0.6) is 0 Å². The molecule has 8 nitrogen and oxygen atoms in total. The number of aromatic nitrogens is 2. The molecule has 0 unspecified atom stereocenters. The van der Waals surface area contributed by atoms with Crippen molar-refractivity contribution in [3.63, 3.8) is 0 Å². The number of allylic oxidation sites excluding steroid dienone is 1. The fraction of sp³-hybridized carbons (Fsp3) is 0.346. The summed E-state index contributed by atoms with van der Waals surface area (Å²) in [5, 5.41) is 25.7. The largest absolute Gasteiger partial charge is 0.465 e. The van der Waals surface area contributed by atoms with Gasteiger partial charge >= 0.3 is 6.09 Å². The first-order valence-corrected chi connectivity index (χ1v) is 11.7. The Labute approximate surface area is 199 Å². The summed E-state index contributed by atoms with van der Waals surface area (Å²) in [4.78, 5) is 20.6. The minimum absolute atomic E-state index is 0.0704. The standard InChI is InChI=1S/C26H30N6O2/c1-18-22-8-11-29-24(22)7-6-23(18)31-25-19(16-28-17-20(25)15-27)5-3-2-4-12-32-13-9-21(10-14-32)30-26(33)34/h3,5-8,11,16-17,21,29-30H,2,4,9-10,12-14H2,1H3,(H,28,31)(H,33,34). The minimum atomic E-state index is -0.937. The fourth-order valence-electron chi connectivity index (χ4n) is 4.50. The third-order valence-corrected chi connectivity index (χ3v) is 6.42. The predicted molar refractivity (Wildman–Crippen MR) is 134 cm³/mol. The number of nitrogens with one attached hydrogen (secondary N) is 3. The van der Waals surface area contributed by atoms with Gasteiger partial charge in [-0.2, -0.15) is 5.26 Å². The van der Waals surface area contributed by atoms with Crippen LogP contribution >= 0.6 is 0 Å². The number of carbonyl (C=O) groups is 1. The van der Waals surface area contributed by atoms with Crippen LogP contribution in [-0.2, 0) is 0 Å². The molecule has 2 aromatic heterocycles. The van der Waals surface area contributed by atoms with E-state index < -0.39 is 6.09 Å². The molecule has 0 saturated carbocycles. The molecule has 34 heavy (non-hydrogen) atoms. The number of benzene rings is 1. The molecule has 1 saturated heterocycles. The molecule has 3 aromatic rings. The topological polar surface area (TPSA) is 117 Å². The van der Waals surface area contributed by atoms with Crippen LogP contribution in [0.2, 0.25) is 0 Å². The number of nitrogens with zero attached hydrogens (tertiary/aromatic N) is 3. The van der Waals surface area contributed by atoms with Gasteiger partial charge in [0, 0.05) is 59.9 Å². The molecule has 4 rings (SSSR count). The third-order valence-electron chi connectivity index (χ3n) is 6.42. The summed E-state index contributed by atoms with van der Waals surface area (Å²) in [6.07, 6.45) is 12.2. The second-order valence-electron chi connectivity index (χ2n) is 8.68. The van der Waals surface area contributed by atoms with Gasteiger partial charge in [0.1, 0.15) is 6.07 Å². The van der Waals surface area contributed by atoms with Crippen LogP contribution in [0.3, 0.4) is 0 Å². The number of carboxylic acid groups (broad SMARTS) is 1. The number of aryl methyl sites for hydroxylation is 1. The molecule has 0 aliphatic carbocycles. The monoisotopic (exact) mass is 458 g/mol. The highest BCUT2D eigenvalue weighted by Gasteiger charge is 2.19. The molecule has 176 valence electrons. The molecule has 0 radical (unpaired) electrons. The Morgan fingerprint density at radius 3 is 2.91 bits per heavy atom. The van der Waals surface area contributed by atoms with Crippen molar-refractivity contribution < 1.29 is 9.90 Å². The van der Waals surface area contributed by atoms with E-state index in [4.69, 9.17) is 5.11 Å². The van der Waals surface area contributed by atoms with Crippen molar-refractivity contribution in [3.8, 4) is 6.07 Å². The molecular weight excluding hydrogens is 428 g/mol. The highest BCUT2D eigenvalue weighted by atomic mass is 16.4. The number of aromatic amines is 1. The number of rotatable bonds is 8. The second-order valence-corrected chi connectivity index (χ2v) is 8.68. The SMILES string of the molecule is Cc1c(Nc2c(C#N)cncc2C=CCCCN2CCC(NC(=O)O)CC2)ccc2[nH]ccc12. The number of hydrogen-bond donors (Lipinski definition) is 4. The van der Waals surface area contributed by atoms with Crippen LogP contribution in [0.15, 0.2) is 42.9 Å². The van der Waals surface area contributed by atoms with Crippen LogP contribution in [-0.4, -0.2) is 51.7 Å². The molecule has 1 aliphatic heterocycles. The highest BCUT2D eigenvalue weighted by Crippen LogP contribution is 2.30. The molecule has 4 N–H and O–H groups in total. The van der Waals surface area contributed by atoms with Crippen molar-refractivity contribution in [1.82, 2.24) is 20.2 Å². The first-order valence-electron chi connectivity index (χ1n) is 11.7. The lowest BCUT2D eigenvalue weighted by atomic mass is 10.0. The molecule has 0 atom stereocenters. The number of anilines is 2. The first kappa shape index (κ1) is 23.3. The Morgan fingerprint density at radius 2 is 2.15 bits per heavy atom. The third kappa shape index (κ3) is 5.56. The molecular formula is C26H30N6O2. The maximum Gasteiger partial charge on any atom is 0.404 e. The summed E-state index contributed by atoms with van der Waals surface area (Å²) in [7, 11) is 0. The van der Waals surface area contributed by atoms with Crippen LogP contribution in [0.1, 0.15) is 42.4 Å². The van der Waals surface area contributed by atoms with Gasteiger partial charge in [0.2, 0.25) is 0 Å². The average Bonchev–Trinajstić information content (AvgIpc) is 3.32. The number of amides is 1. The molecule has 1 aromatic carbocycles. The highest BCUT2D eigenvalue weighted by molar-refractivity contribution is 5.89. The average molecular weight is 459 g/mol. The molecule has 0 bridgehead atoms. The van der Waals surface area contributed by atoms with Crippen LogP contribution < -0.4 is 10.6 Å². The Balaban J connectivity index is 1.36. The number of piperidine rings is 1. The fourth-order valence-corrected chi connectivity index (χ4v) is 4.50. The summed E-state index contributed by atoms with van der Waals surface area (Å²) >= 11 is 0. The molecule has 0 spiro atoms. The number of likely N-dealkylation sites (tertiary alicyclic amines) is 1. The predicted octanol–water partition coefficient (Wildman–Crippen LogP) is 5.01. The Bertz CT molecular complexity index is 1220. The molecule has 1 fully saturated rings. The van der Waals surface area contributed by atoms with Gasteiger partial charge in [0.05, 0.1) is 11.3 Å². The van der Waals surface area contributed by atoms with E-state index in [1.165, 1.54) is 0 Å². The van der Waals surface area contributed by atoms with E-state index in [-0.39, 0.29) is 6.04 Å². The van der Waals surface area contributed by atoms with Crippen molar-refractivity contribution in [2.24, 2.45) is 0 Å². The number of unbranched alkanes of at least 4 members (excludes halogenated alkanes) is 1. The normalized spacial score (nSPS) is 14.9. The lowest BCUT2D eigenvalue weighted by molar-refractivity contribution is 0.167. The zero-order chi connectivity index (χ0) is 23.9. The first-order chi connectivity index (χ1) is 16.5. The van der Waals surface area contributed by atoms with E-state index in [0.717, 1.165) is 78.7 Å². The summed E-state index contributed by atoms with van der Waals surface area (Å²) in [6, 6.07) is 8.44. The minimum Gasteiger partial charge on any atom is -0.465 e. The molecule has 3 heterocycles. The summed E-state index contributed by atoms with van der Waals surface area (Å²) in [5.41, 5.74) is 5.32. The van der Waals surface area contributed by atoms with Crippen molar-refractivity contribution in [2.45, 2.75) is 38.6 Å². The molecule has 1 aliphatic rings. The Morgan fingerprint density at radius 1 is 1.32 bits per heavy atom. The molecule has 1 amide bonds. The maximum atomic E-state index is 10.8. The maximum absolute atomic E-state index is 10.8. The Kier molecular flexibility index (Phi) is 7.45. The van der Waals surface area contributed by atoms with Crippen molar-refractivity contribution >= 4 is 34.4 Å². The smallest absolute Gasteiger partial charge is 0.404 e. The van der Waals surface area contributed by atoms with Gasteiger partial charge in [-0.05, 0) is 62.9 Å². The van der Waals surface area contributed by atoms with Crippen LogP contribution in [0.25, 0.3) is 17.0 Å². The molecule has 8 heteroatoms. The quantitative estimate of drug-likeness (QED) is 0.353. The van der Waals surface area contributed by atoms with Gasteiger partial charge in [-0.15, -0.1) is 0 Å². The van der Waals surface area contributed by atoms with Gasteiger partial charge in [0.25, 0.3) is 0 Å². The summed E-state index contributed by atoms with van der Waals surface area (Å²) < 4.78 is 0. The summed E-state index contributed by atoms with van der Waals surface area (Å²) in [6.45, 7) is 4.90. The van der Waals surface area contributed by atoms with Gasteiger partial charge in [-0.1, -0.05) is 12.2 Å². The van der Waals surface area contributed by atoms with Gasteiger partial charge in [-0.3, -0.25) is 4.98 Å².